The third-order valence-electron chi connectivity index (χ3n) is 2.93. The number of hydrogen-bond acceptors (Lipinski definition) is 5. The lowest BCUT2D eigenvalue weighted by molar-refractivity contribution is 0.140. The molecule has 0 saturated heterocycles. The van der Waals surface area contributed by atoms with E-state index in [9.17, 15) is 4.79 Å². The van der Waals surface area contributed by atoms with E-state index >= 15 is 0 Å². The van der Waals surface area contributed by atoms with E-state index in [1.54, 1.807) is 12.4 Å². The molecule has 0 bridgehead atoms. The second kappa shape index (κ2) is 9.19. The van der Waals surface area contributed by atoms with Crippen LogP contribution in [-0.2, 0) is 11.3 Å². The standard InChI is InChI=1S/C17H19N3O3/c1-22-16-19-11-15(12-20-16)9-5-6-10-18-17(21)23-13-14-7-3-2-4-8-14/h2-5,7-9,11-12H,6,10,13H2,1H3,(H,18,21). The zero-order valence-corrected chi connectivity index (χ0v) is 12.9. The van der Waals surface area contributed by atoms with Gasteiger partial charge in [0.25, 0.3) is 0 Å². The van der Waals surface area contributed by atoms with Crippen molar-refractivity contribution in [3.63, 3.8) is 0 Å². The number of carbonyl (C=O) groups excluding carboxylic acids is 1. The molecule has 0 spiro atoms. The fourth-order valence-corrected chi connectivity index (χ4v) is 1.77. The van der Waals surface area contributed by atoms with Gasteiger partial charge in [-0.2, -0.15) is 0 Å². The van der Waals surface area contributed by atoms with E-state index < -0.39 is 6.09 Å². The number of hydrogen-bond donors (Lipinski definition) is 1. The zero-order valence-electron chi connectivity index (χ0n) is 12.9. The van der Waals surface area contributed by atoms with Gasteiger partial charge in [-0.25, -0.2) is 14.8 Å². The van der Waals surface area contributed by atoms with Crippen molar-refractivity contribution in [3.05, 3.63) is 59.9 Å². The van der Waals surface area contributed by atoms with Gasteiger partial charge in [0.1, 0.15) is 6.61 Å². The topological polar surface area (TPSA) is 73.3 Å². The number of rotatable bonds is 7. The Balaban J connectivity index is 1.62. The highest BCUT2D eigenvalue weighted by Crippen LogP contribution is 2.04. The molecule has 6 nitrogen and oxygen atoms in total. The van der Waals surface area contributed by atoms with E-state index in [0.29, 0.717) is 19.0 Å². The average molecular weight is 313 g/mol. The molecule has 0 aliphatic rings. The van der Waals surface area contributed by atoms with Gasteiger partial charge in [0.2, 0.25) is 0 Å². The van der Waals surface area contributed by atoms with Crippen molar-refractivity contribution in [1.82, 2.24) is 15.3 Å². The summed E-state index contributed by atoms with van der Waals surface area (Å²) >= 11 is 0. The van der Waals surface area contributed by atoms with Gasteiger partial charge in [-0.15, -0.1) is 0 Å². The Kier molecular flexibility index (Phi) is 6.59. The van der Waals surface area contributed by atoms with Crippen molar-refractivity contribution in [2.24, 2.45) is 0 Å². The summed E-state index contributed by atoms with van der Waals surface area (Å²) in [5.74, 6) is 0. The van der Waals surface area contributed by atoms with Gasteiger partial charge in [0.15, 0.2) is 0 Å². The van der Waals surface area contributed by atoms with Crippen LogP contribution in [0, 0.1) is 0 Å². The summed E-state index contributed by atoms with van der Waals surface area (Å²) in [5, 5.41) is 2.69. The molecule has 0 unspecified atom stereocenters. The van der Waals surface area contributed by atoms with E-state index in [1.165, 1.54) is 7.11 Å². The molecule has 0 aliphatic carbocycles. The lowest BCUT2D eigenvalue weighted by Crippen LogP contribution is -2.24. The summed E-state index contributed by atoms with van der Waals surface area (Å²) in [6.45, 7) is 0.771. The predicted molar refractivity (Wildman–Crippen MR) is 86.9 cm³/mol. The van der Waals surface area contributed by atoms with Gasteiger partial charge in [-0.1, -0.05) is 42.5 Å². The Bertz CT molecular complexity index is 627. The molecule has 2 rings (SSSR count). The van der Waals surface area contributed by atoms with Gasteiger partial charge in [-0.05, 0) is 12.0 Å². The summed E-state index contributed by atoms with van der Waals surface area (Å²) in [7, 11) is 1.52. The molecule has 1 aromatic carbocycles. The molecule has 6 heteroatoms. The number of methoxy groups -OCH3 is 1. The number of nitrogens with one attached hydrogen (secondary N) is 1. The third kappa shape index (κ3) is 6.17. The van der Waals surface area contributed by atoms with Gasteiger partial charge in [0.05, 0.1) is 7.11 Å². The first-order chi connectivity index (χ1) is 11.3. The van der Waals surface area contributed by atoms with E-state index in [-0.39, 0.29) is 6.61 Å². The van der Waals surface area contributed by atoms with Crippen LogP contribution in [0.25, 0.3) is 6.08 Å². The molecule has 23 heavy (non-hydrogen) atoms. The summed E-state index contributed by atoms with van der Waals surface area (Å²) < 4.78 is 10.00. The van der Waals surface area contributed by atoms with Gasteiger partial charge in [0, 0.05) is 24.5 Å². The second-order valence-electron chi connectivity index (χ2n) is 4.68. The van der Waals surface area contributed by atoms with Crippen LogP contribution in [0.3, 0.4) is 0 Å². The smallest absolute Gasteiger partial charge is 0.407 e. The molecule has 120 valence electrons. The van der Waals surface area contributed by atoms with Crippen molar-refractivity contribution >= 4 is 12.2 Å². The van der Waals surface area contributed by atoms with Crippen LogP contribution in [0.1, 0.15) is 17.5 Å². The maximum atomic E-state index is 11.5. The van der Waals surface area contributed by atoms with E-state index in [0.717, 1.165) is 11.1 Å². The molecule has 1 aromatic heterocycles. The molecule has 2 aromatic rings. The zero-order chi connectivity index (χ0) is 16.3. The average Bonchev–Trinajstić information content (AvgIpc) is 2.61. The summed E-state index contributed by atoms with van der Waals surface area (Å²) in [6, 6.07) is 9.89. The van der Waals surface area contributed by atoms with Crippen LogP contribution in [-0.4, -0.2) is 29.7 Å². The minimum Gasteiger partial charge on any atom is -0.467 e. The quantitative estimate of drug-likeness (QED) is 0.796. The monoisotopic (exact) mass is 313 g/mol. The van der Waals surface area contributed by atoms with Crippen molar-refractivity contribution in [2.75, 3.05) is 13.7 Å². The van der Waals surface area contributed by atoms with Gasteiger partial charge < -0.3 is 14.8 Å². The minimum absolute atomic E-state index is 0.270. The molecule has 0 fully saturated rings. The Labute approximate surface area is 135 Å². The maximum Gasteiger partial charge on any atom is 0.407 e. The number of alkyl carbamates (subject to hydrolysis) is 1. The van der Waals surface area contributed by atoms with Crippen LogP contribution < -0.4 is 10.1 Å². The third-order valence-corrected chi connectivity index (χ3v) is 2.93. The lowest BCUT2D eigenvalue weighted by atomic mass is 10.2. The summed E-state index contributed by atoms with van der Waals surface area (Å²) in [6.07, 6.45) is 7.43. The maximum absolute atomic E-state index is 11.5. The first kappa shape index (κ1) is 16.5. The molecule has 0 saturated carbocycles. The van der Waals surface area contributed by atoms with Crippen molar-refractivity contribution in [1.29, 1.82) is 0 Å². The first-order valence-electron chi connectivity index (χ1n) is 7.25. The van der Waals surface area contributed by atoms with Crippen molar-refractivity contribution < 1.29 is 14.3 Å². The Morgan fingerprint density at radius 3 is 2.65 bits per heavy atom. The highest BCUT2D eigenvalue weighted by Gasteiger charge is 2.00. The Morgan fingerprint density at radius 1 is 1.22 bits per heavy atom. The number of ether oxygens (including phenoxy) is 2. The number of benzene rings is 1. The van der Waals surface area contributed by atoms with Crippen LogP contribution >= 0.6 is 0 Å². The molecule has 0 aliphatic heterocycles. The Morgan fingerprint density at radius 2 is 1.96 bits per heavy atom. The normalized spacial score (nSPS) is 10.5. The molecule has 1 N–H and O–H groups in total. The number of aromatic nitrogens is 2. The second-order valence-corrected chi connectivity index (χ2v) is 4.68. The highest BCUT2D eigenvalue weighted by atomic mass is 16.5. The molecule has 0 atom stereocenters. The fraction of sp³-hybridized carbons (Fsp3) is 0.235. The fourth-order valence-electron chi connectivity index (χ4n) is 1.77. The van der Waals surface area contributed by atoms with Crippen LogP contribution in [0.5, 0.6) is 6.01 Å². The number of amides is 1. The van der Waals surface area contributed by atoms with E-state index in [1.807, 2.05) is 42.5 Å². The van der Waals surface area contributed by atoms with Crippen molar-refractivity contribution in [2.45, 2.75) is 13.0 Å². The first-order valence-corrected chi connectivity index (χ1v) is 7.25. The molecular weight excluding hydrogens is 294 g/mol. The molecule has 0 radical (unpaired) electrons. The Hall–Kier alpha value is -2.89. The van der Waals surface area contributed by atoms with Crippen LogP contribution in [0.4, 0.5) is 4.79 Å². The SMILES string of the molecule is COc1ncc(C=CCCNC(=O)OCc2ccccc2)cn1. The predicted octanol–water partition coefficient (Wildman–Crippen LogP) is 2.81. The van der Waals surface area contributed by atoms with E-state index in [4.69, 9.17) is 9.47 Å². The van der Waals surface area contributed by atoms with Crippen LogP contribution in [0.2, 0.25) is 0 Å². The van der Waals surface area contributed by atoms with Crippen molar-refractivity contribution in [3.8, 4) is 6.01 Å². The number of carbonyl (C=O) groups is 1. The minimum atomic E-state index is -0.421. The molecule has 1 amide bonds. The van der Waals surface area contributed by atoms with Crippen LogP contribution in [0.15, 0.2) is 48.8 Å². The molecular formula is C17H19N3O3. The van der Waals surface area contributed by atoms with Gasteiger partial charge >= 0.3 is 12.1 Å². The summed E-state index contributed by atoms with van der Waals surface area (Å²) in [4.78, 5) is 19.5. The van der Waals surface area contributed by atoms with Gasteiger partial charge in [-0.3, -0.25) is 0 Å². The largest absolute Gasteiger partial charge is 0.467 e. The molecule has 1 heterocycles. The lowest BCUT2D eigenvalue weighted by Gasteiger charge is -2.05. The van der Waals surface area contributed by atoms with E-state index in [2.05, 4.69) is 15.3 Å². The summed E-state index contributed by atoms with van der Waals surface area (Å²) in [5.41, 5.74) is 1.83. The number of nitrogens with zero attached hydrogens (tertiary/aromatic N) is 2. The highest BCUT2D eigenvalue weighted by molar-refractivity contribution is 5.67.